The van der Waals surface area contributed by atoms with Crippen molar-refractivity contribution in [3.63, 3.8) is 0 Å². The third-order valence-corrected chi connectivity index (χ3v) is 4.23. The van der Waals surface area contributed by atoms with Crippen LogP contribution in [0.15, 0.2) is 30.3 Å². The summed E-state index contributed by atoms with van der Waals surface area (Å²) in [4.78, 5) is 26.4. The van der Waals surface area contributed by atoms with Crippen molar-refractivity contribution in [2.75, 3.05) is 18.4 Å². The number of hydrogen-bond donors (Lipinski definition) is 2. The zero-order chi connectivity index (χ0) is 16.4. The molecule has 2 heterocycles. The predicted octanol–water partition coefficient (Wildman–Crippen LogP) is 1.83. The van der Waals surface area contributed by atoms with E-state index in [1.807, 2.05) is 44.2 Å². The first-order valence-corrected chi connectivity index (χ1v) is 8.09. The molecule has 2 saturated heterocycles. The number of hydrogen-bond acceptors (Lipinski definition) is 3. The fourth-order valence-electron chi connectivity index (χ4n) is 3.19. The van der Waals surface area contributed by atoms with E-state index in [4.69, 9.17) is 4.74 Å². The number of anilines is 1. The molecule has 0 saturated carbocycles. The Bertz CT molecular complexity index is 576. The van der Waals surface area contributed by atoms with Crippen LogP contribution in [0.25, 0.3) is 0 Å². The number of ether oxygens (including phenoxy) is 1. The van der Waals surface area contributed by atoms with E-state index >= 15 is 0 Å². The lowest BCUT2D eigenvalue weighted by Crippen LogP contribution is -2.52. The topological polar surface area (TPSA) is 70.7 Å². The number of fused-ring (bicyclic) bond motifs is 2. The number of urea groups is 1. The lowest BCUT2D eigenvalue weighted by molar-refractivity contribution is -0.122. The van der Waals surface area contributed by atoms with E-state index in [9.17, 15) is 9.59 Å². The molecule has 0 unspecified atom stereocenters. The maximum absolute atomic E-state index is 12.5. The van der Waals surface area contributed by atoms with Crippen molar-refractivity contribution in [3.8, 4) is 0 Å². The normalized spacial score (nSPS) is 26.2. The van der Waals surface area contributed by atoms with Gasteiger partial charge in [0.2, 0.25) is 5.91 Å². The number of amides is 3. The van der Waals surface area contributed by atoms with E-state index in [-0.39, 0.29) is 36.1 Å². The van der Waals surface area contributed by atoms with Gasteiger partial charge in [0.1, 0.15) is 0 Å². The standard InChI is InChI=1S/C17H23N3O3/c1-11(2)18-17(22)20-9-13-8-14(15(10-20)23-13)16(21)19-12-6-4-3-5-7-12/h3-7,11,13-15H,8-10H2,1-2H3,(H,18,22)(H,19,21)/t13-,14+,15-/m1/s1. The highest BCUT2D eigenvalue weighted by molar-refractivity contribution is 5.93. The molecule has 0 spiro atoms. The largest absolute Gasteiger partial charge is 0.370 e. The third kappa shape index (κ3) is 3.64. The van der Waals surface area contributed by atoms with Crippen molar-refractivity contribution in [1.82, 2.24) is 10.2 Å². The van der Waals surface area contributed by atoms with Crippen LogP contribution in [0.3, 0.4) is 0 Å². The van der Waals surface area contributed by atoms with Crippen LogP contribution in [0.2, 0.25) is 0 Å². The van der Waals surface area contributed by atoms with E-state index in [0.717, 1.165) is 5.69 Å². The van der Waals surface area contributed by atoms with Gasteiger partial charge in [0.05, 0.1) is 18.1 Å². The fraction of sp³-hybridized carbons (Fsp3) is 0.529. The van der Waals surface area contributed by atoms with Crippen LogP contribution >= 0.6 is 0 Å². The summed E-state index contributed by atoms with van der Waals surface area (Å²) in [6, 6.07) is 9.42. The van der Waals surface area contributed by atoms with Gasteiger partial charge in [-0.3, -0.25) is 4.79 Å². The van der Waals surface area contributed by atoms with E-state index in [2.05, 4.69) is 10.6 Å². The number of morpholine rings is 1. The fourth-order valence-corrected chi connectivity index (χ4v) is 3.19. The molecule has 3 amide bonds. The zero-order valence-electron chi connectivity index (χ0n) is 13.5. The Morgan fingerprint density at radius 2 is 1.96 bits per heavy atom. The first kappa shape index (κ1) is 15.8. The summed E-state index contributed by atoms with van der Waals surface area (Å²) in [7, 11) is 0. The Labute approximate surface area is 136 Å². The van der Waals surface area contributed by atoms with Gasteiger partial charge in [0, 0.05) is 24.8 Å². The molecule has 3 rings (SSSR count). The molecule has 1 aromatic rings. The van der Waals surface area contributed by atoms with Gasteiger partial charge in [-0.2, -0.15) is 0 Å². The molecular weight excluding hydrogens is 294 g/mol. The zero-order valence-corrected chi connectivity index (χ0v) is 13.5. The molecule has 2 aliphatic rings. The van der Waals surface area contributed by atoms with Crippen LogP contribution in [0.4, 0.5) is 10.5 Å². The van der Waals surface area contributed by atoms with E-state index in [1.54, 1.807) is 4.90 Å². The minimum Gasteiger partial charge on any atom is -0.370 e. The molecule has 2 N–H and O–H groups in total. The highest BCUT2D eigenvalue weighted by Crippen LogP contribution is 2.32. The van der Waals surface area contributed by atoms with E-state index in [0.29, 0.717) is 19.5 Å². The second kappa shape index (κ2) is 6.58. The molecule has 1 aromatic carbocycles. The summed E-state index contributed by atoms with van der Waals surface area (Å²) in [6.45, 7) is 4.87. The molecule has 23 heavy (non-hydrogen) atoms. The van der Waals surface area contributed by atoms with Gasteiger partial charge in [-0.25, -0.2) is 4.79 Å². The average Bonchev–Trinajstić information content (AvgIpc) is 2.82. The quantitative estimate of drug-likeness (QED) is 0.893. The second-order valence-electron chi connectivity index (χ2n) is 6.50. The van der Waals surface area contributed by atoms with Gasteiger partial charge < -0.3 is 20.3 Å². The number of nitrogens with one attached hydrogen (secondary N) is 2. The molecule has 2 bridgehead atoms. The average molecular weight is 317 g/mol. The van der Waals surface area contributed by atoms with Crippen molar-refractivity contribution in [3.05, 3.63) is 30.3 Å². The molecule has 6 nitrogen and oxygen atoms in total. The van der Waals surface area contributed by atoms with Crippen LogP contribution in [-0.4, -0.2) is 48.2 Å². The molecular formula is C17H23N3O3. The number of carbonyl (C=O) groups is 2. The SMILES string of the molecule is CC(C)NC(=O)N1C[C@H]2C[C@H](C(=O)Nc3ccccc3)[C@@H](C1)O2. The predicted molar refractivity (Wildman–Crippen MR) is 87.1 cm³/mol. The number of carbonyl (C=O) groups excluding carboxylic acids is 2. The van der Waals surface area contributed by atoms with Gasteiger partial charge in [0.15, 0.2) is 0 Å². The molecule has 0 radical (unpaired) electrons. The summed E-state index contributed by atoms with van der Waals surface area (Å²) in [6.07, 6.45) is 0.378. The van der Waals surface area contributed by atoms with Crippen molar-refractivity contribution in [2.24, 2.45) is 5.92 Å². The molecule has 124 valence electrons. The maximum Gasteiger partial charge on any atom is 0.317 e. The summed E-state index contributed by atoms with van der Waals surface area (Å²) in [5.41, 5.74) is 0.786. The summed E-state index contributed by atoms with van der Waals surface area (Å²) >= 11 is 0. The van der Waals surface area contributed by atoms with Crippen LogP contribution in [-0.2, 0) is 9.53 Å². The number of para-hydroxylation sites is 1. The lowest BCUT2D eigenvalue weighted by atomic mass is 9.99. The molecule has 6 heteroatoms. The summed E-state index contributed by atoms with van der Waals surface area (Å²) < 4.78 is 5.87. The number of nitrogens with zero attached hydrogens (tertiary/aromatic N) is 1. The Hall–Kier alpha value is -2.08. The number of benzene rings is 1. The smallest absolute Gasteiger partial charge is 0.317 e. The van der Waals surface area contributed by atoms with Crippen LogP contribution in [0.1, 0.15) is 20.3 Å². The maximum atomic E-state index is 12.5. The Morgan fingerprint density at radius 1 is 1.22 bits per heavy atom. The lowest BCUT2D eigenvalue weighted by Gasteiger charge is -2.33. The number of likely N-dealkylation sites (tertiary alicyclic amines) is 1. The van der Waals surface area contributed by atoms with Gasteiger partial charge in [-0.15, -0.1) is 0 Å². The third-order valence-electron chi connectivity index (χ3n) is 4.23. The second-order valence-corrected chi connectivity index (χ2v) is 6.50. The van der Waals surface area contributed by atoms with Gasteiger partial charge in [-0.1, -0.05) is 18.2 Å². The molecule has 3 atom stereocenters. The molecule has 0 aromatic heterocycles. The summed E-state index contributed by atoms with van der Waals surface area (Å²) in [5.74, 6) is -0.244. The minimum absolute atomic E-state index is 0.0326. The minimum atomic E-state index is -0.227. The van der Waals surface area contributed by atoms with E-state index in [1.165, 1.54) is 0 Å². The Morgan fingerprint density at radius 3 is 2.65 bits per heavy atom. The van der Waals surface area contributed by atoms with Gasteiger partial charge in [-0.05, 0) is 32.4 Å². The van der Waals surface area contributed by atoms with E-state index < -0.39 is 0 Å². The van der Waals surface area contributed by atoms with Crippen LogP contribution in [0.5, 0.6) is 0 Å². The van der Waals surface area contributed by atoms with Crippen molar-refractivity contribution in [2.45, 2.75) is 38.5 Å². The molecule has 2 fully saturated rings. The first-order chi connectivity index (χ1) is 11.0. The van der Waals surface area contributed by atoms with Crippen LogP contribution in [0, 0.1) is 5.92 Å². The highest BCUT2D eigenvalue weighted by Gasteiger charge is 2.45. The van der Waals surface area contributed by atoms with Crippen LogP contribution < -0.4 is 10.6 Å². The Balaban J connectivity index is 1.61. The first-order valence-electron chi connectivity index (χ1n) is 8.09. The Kier molecular flexibility index (Phi) is 4.52. The molecule has 0 aliphatic carbocycles. The number of rotatable bonds is 3. The molecule has 2 aliphatic heterocycles. The van der Waals surface area contributed by atoms with Gasteiger partial charge >= 0.3 is 6.03 Å². The van der Waals surface area contributed by atoms with Crippen molar-refractivity contribution >= 4 is 17.6 Å². The van der Waals surface area contributed by atoms with Crippen molar-refractivity contribution in [1.29, 1.82) is 0 Å². The highest BCUT2D eigenvalue weighted by atomic mass is 16.5. The summed E-state index contributed by atoms with van der Waals surface area (Å²) in [5, 5.41) is 5.83. The van der Waals surface area contributed by atoms with Crippen molar-refractivity contribution < 1.29 is 14.3 Å². The monoisotopic (exact) mass is 317 g/mol. The van der Waals surface area contributed by atoms with Gasteiger partial charge in [0.25, 0.3) is 0 Å².